The second kappa shape index (κ2) is 11.2. The minimum Gasteiger partial charge on any atom is -0.320 e. The quantitative estimate of drug-likeness (QED) is 0.429. The normalized spacial score (nSPS) is 15.5. The maximum Gasteiger partial charge on any atom is 0.322 e. The van der Waals surface area contributed by atoms with Gasteiger partial charge in [-0.25, -0.2) is 9.59 Å². The average Bonchev–Trinajstić information content (AvgIpc) is 2.96. The lowest BCUT2D eigenvalue weighted by Gasteiger charge is -2.28. The first-order valence-corrected chi connectivity index (χ1v) is 12.8. The molecule has 0 bridgehead atoms. The lowest BCUT2D eigenvalue weighted by Crippen LogP contribution is -2.38. The van der Waals surface area contributed by atoms with E-state index in [0.717, 1.165) is 18.4 Å². The fourth-order valence-electron chi connectivity index (χ4n) is 4.77. The molecular weight excluding hydrogens is 460 g/mol. The molecule has 0 unspecified atom stereocenters. The first kappa shape index (κ1) is 24.4. The van der Waals surface area contributed by atoms with Crippen molar-refractivity contribution in [2.75, 3.05) is 36.8 Å². The molecule has 6 nitrogen and oxygen atoms in total. The van der Waals surface area contributed by atoms with Crippen LogP contribution in [0, 0.1) is 6.92 Å². The second-order valence-corrected chi connectivity index (χ2v) is 9.47. The minimum absolute atomic E-state index is 0.135. The van der Waals surface area contributed by atoms with Crippen LogP contribution in [-0.2, 0) is 0 Å². The summed E-state index contributed by atoms with van der Waals surface area (Å²) >= 11 is 0. The Hall–Kier alpha value is -4.32. The van der Waals surface area contributed by atoms with E-state index in [1.165, 1.54) is 22.3 Å². The number of benzene rings is 3. The molecule has 2 aliphatic heterocycles. The Kier molecular flexibility index (Phi) is 7.36. The number of hydrogen-bond acceptors (Lipinski definition) is 2. The number of nitrogens with zero attached hydrogens (tertiary/aromatic N) is 2. The van der Waals surface area contributed by atoms with Crippen molar-refractivity contribution in [1.29, 1.82) is 0 Å². The molecule has 2 heterocycles. The SMILES string of the molecule is Cc1ccc(NC(=O)N2CC=C(c3ccccc3)CC2)cc1NC(=O)N1CC=C(c2ccccc2)CC1. The van der Waals surface area contributed by atoms with Gasteiger partial charge in [0.2, 0.25) is 0 Å². The molecule has 0 fully saturated rings. The van der Waals surface area contributed by atoms with Crippen LogP contribution in [0.1, 0.15) is 29.5 Å². The fraction of sp³-hybridized carbons (Fsp3) is 0.226. The van der Waals surface area contributed by atoms with E-state index in [1.54, 1.807) is 4.90 Å². The van der Waals surface area contributed by atoms with Crippen LogP contribution in [0.4, 0.5) is 21.0 Å². The molecule has 3 aromatic rings. The predicted molar refractivity (Wildman–Crippen MR) is 150 cm³/mol. The Bertz CT molecular complexity index is 1330. The predicted octanol–water partition coefficient (Wildman–Crippen LogP) is 6.64. The Morgan fingerprint density at radius 2 is 1.19 bits per heavy atom. The maximum absolute atomic E-state index is 13.0. The second-order valence-electron chi connectivity index (χ2n) is 9.47. The summed E-state index contributed by atoms with van der Waals surface area (Å²) in [5.74, 6) is 0. The van der Waals surface area contributed by atoms with E-state index in [-0.39, 0.29) is 12.1 Å². The largest absolute Gasteiger partial charge is 0.322 e. The van der Waals surface area contributed by atoms with E-state index in [9.17, 15) is 9.59 Å². The van der Waals surface area contributed by atoms with Crippen molar-refractivity contribution >= 4 is 34.6 Å². The van der Waals surface area contributed by atoms with Crippen molar-refractivity contribution < 1.29 is 9.59 Å². The summed E-state index contributed by atoms with van der Waals surface area (Å²) in [6, 6.07) is 25.9. The Labute approximate surface area is 218 Å². The molecular formula is C31H32N4O2. The van der Waals surface area contributed by atoms with Crippen LogP contribution in [-0.4, -0.2) is 48.0 Å². The molecule has 37 heavy (non-hydrogen) atoms. The van der Waals surface area contributed by atoms with Gasteiger partial charge in [-0.15, -0.1) is 0 Å². The zero-order chi connectivity index (χ0) is 25.6. The van der Waals surface area contributed by atoms with Crippen molar-refractivity contribution in [1.82, 2.24) is 9.80 Å². The van der Waals surface area contributed by atoms with Gasteiger partial charge in [0.05, 0.1) is 0 Å². The highest BCUT2D eigenvalue weighted by Gasteiger charge is 2.20. The first-order chi connectivity index (χ1) is 18.1. The highest BCUT2D eigenvalue weighted by atomic mass is 16.2. The van der Waals surface area contributed by atoms with E-state index in [1.807, 2.05) is 66.4 Å². The summed E-state index contributed by atoms with van der Waals surface area (Å²) in [5, 5.41) is 6.03. The lowest BCUT2D eigenvalue weighted by atomic mass is 10.00. The number of carbonyl (C=O) groups excluding carboxylic acids is 2. The van der Waals surface area contributed by atoms with Gasteiger partial charge in [0.1, 0.15) is 0 Å². The molecule has 0 saturated carbocycles. The number of rotatable bonds is 4. The summed E-state index contributed by atoms with van der Waals surface area (Å²) in [6.07, 6.45) is 5.89. The molecule has 0 radical (unpaired) electrons. The van der Waals surface area contributed by atoms with Gasteiger partial charge in [-0.3, -0.25) is 0 Å². The van der Waals surface area contributed by atoms with E-state index in [0.29, 0.717) is 37.6 Å². The number of nitrogens with one attached hydrogen (secondary N) is 2. The van der Waals surface area contributed by atoms with Gasteiger partial charge in [0.25, 0.3) is 0 Å². The Morgan fingerprint density at radius 1 is 0.676 bits per heavy atom. The number of aryl methyl sites for hydroxylation is 1. The van der Waals surface area contributed by atoms with Crippen molar-refractivity contribution in [3.05, 3.63) is 108 Å². The maximum atomic E-state index is 13.0. The molecule has 0 atom stereocenters. The third-order valence-electron chi connectivity index (χ3n) is 7.01. The number of urea groups is 2. The molecule has 4 amide bonds. The first-order valence-electron chi connectivity index (χ1n) is 12.8. The molecule has 0 saturated heterocycles. The van der Waals surface area contributed by atoms with Gasteiger partial charge in [-0.1, -0.05) is 78.9 Å². The summed E-state index contributed by atoms with van der Waals surface area (Å²) in [6.45, 7) is 4.41. The van der Waals surface area contributed by atoms with Gasteiger partial charge in [-0.05, 0) is 59.7 Å². The average molecular weight is 493 g/mol. The third-order valence-corrected chi connectivity index (χ3v) is 7.01. The third kappa shape index (κ3) is 5.92. The van der Waals surface area contributed by atoms with E-state index < -0.39 is 0 Å². The van der Waals surface area contributed by atoms with Crippen LogP contribution in [0.3, 0.4) is 0 Å². The van der Waals surface area contributed by atoms with Gasteiger partial charge in [0.15, 0.2) is 0 Å². The van der Waals surface area contributed by atoms with Gasteiger partial charge in [-0.2, -0.15) is 0 Å². The molecule has 3 aromatic carbocycles. The Morgan fingerprint density at radius 3 is 1.68 bits per heavy atom. The topological polar surface area (TPSA) is 64.7 Å². The molecule has 5 rings (SSSR count). The van der Waals surface area contributed by atoms with Crippen LogP contribution in [0.15, 0.2) is 91.0 Å². The Balaban J connectivity index is 1.18. The summed E-state index contributed by atoms with van der Waals surface area (Å²) in [7, 11) is 0. The zero-order valence-corrected chi connectivity index (χ0v) is 21.1. The molecule has 2 N–H and O–H groups in total. The van der Waals surface area contributed by atoms with E-state index in [4.69, 9.17) is 0 Å². The van der Waals surface area contributed by atoms with Gasteiger partial charge < -0.3 is 20.4 Å². The highest BCUT2D eigenvalue weighted by Crippen LogP contribution is 2.26. The summed E-state index contributed by atoms with van der Waals surface area (Å²) in [5.41, 5.74) is 7.27. The van der Waals surface area contributed by atoms with Crippen molar-refractivity contribution in [2.45, 2.75) is 19.8 Å². The molecule has 2 aliphatic rings. The molecule has 0 aromatic heterocycles. The summed E-state index contributed by atoms with van der Waals surface area (Å²) in [4.78, 5) is 29.5. The van der Waals surface area contributed by atoms with Crippen molar-refractivity contribution in [3.8, 4) is 0 Å². The van der Waals surface area contributed by atoms with Gasteiger partial charge in [0, 0.05) is 37.6 Å². The molecule has 0 aliphatic carbocycles. The number of hydrogen-bond donors (Lipinski definition) is 2. The standard InChI is InChI=1S/C31H32N4O2/c1-23-12-13-28(32-30(36)34-18-14-26(15-19-34)24-8-4-2-5-9-24)22-29(23)33-31(37)35-20-16-27(17-21-35)25-10-6-3-7-11-25/h2-14,16,22H,15,17-21H2,1H3,(H,32,36)(H,33,37). The smallest absolute Gasteiger partial charge is 0.320 e. The number of anilines is 2. The van der Waals surface area contributed by atoms with Crippen LogP contribution in [0.2, 0.25) is 0 Å². The highest BCUT2D eigenvalue weighted by molar-refractivity contribution is 5.94. The zero-order valence-electron chi connectivity index (χ0n) is 21.1. The van der Waals surface area contributed by atoms with E-state index >= 15 is 0 Å². The molecule has 0 spiro atoms. The van der Waals surface area contributed by atoms with Crippen LogP contribution in [0.25, 0.3) is 11.1 Å². The summed E-state index contributed by atoms with van der Waals surface area (Å²) < 4.78 is 0. The number of carbonyl (C=O) groups is 2. The number of amides is 4. The van der Waals surface area contributed by atoms with Crippen LogP contribution < -0.4 is 10.6 Å². The van der Waals surface area contributed by atoms with Crippen molar-refractivity contribution in [3.63, 3.8) is 0 Å². The van der Waals surface area contributed by atoms with E-state index in [2.05, 4.69) is 47.1 Å². The molecule has 188 valence electrons. The molecule has 6 heteroatoms. The van der Waals surface area contributed by atoms with Crippen LogP contribution >= 0.6 is 0 Å². The minimum atomic E-state index is -0.140. The van der Waals surface area contributed by atoms with Crippen LogP contribution in [0.5, 0.6) is 0 Å². The fourth-order valence-corrected chi connectivity index (χ4v) is 4.77. The monoisotopic (exact) mass is 492 g/mol. The van der Waals surface area contributed by atoms with Crippen molar-refractivity contribution in [2.24, 2.45) is 0 Å². The lowest BCUT2D eigenvalue weighted by molar-refractivity contribution is 0.216. The van der Waals surface area contributed by atoms with Gasteiger partial charge >= 0.3 is 12.1 Å².